The first kappa shape index (κ1) is 15.9. The van der Waals surface area contributed by atoms with Crippen molar-refractivity contribution in [1.82, 2.24) is 4.72 Å². The molecule has 0 atom stereocenters. The molecule has 0 saturated heterocycles. The Morgan fingerprint density at radius 1 is 1.00 bits per heavy atom. The van der Waals surface area contributed by atoms with E-state index >= 15 is 0 Å². The lowest BCUT2D eigenvalue weighted by atomic mass is 10.2. The molecule has 1 aliphatic rings. The first-order chi connectivity index (χ1) is 12.0. The maximum atomic E-state index is 12.1. The summed E-state index contributed by atoms with van der Waals surface area (Å²) in [4.78, 5) is 4.61. The van der Waals surface area contributed by atoms with Crippen LogP contribution in [0.2, 0.25) is 5.02 Å². The SMILES string of the molecule is O=S1(=O)NC(=NCc2ccc(-c3ccc(Cl)cc3)o2)c2ccccc21. The lowest BCUT2D eigenvalue weighted by molar-refractivity contribution is 0.525. The normalized spacial score (nSPS) is 16.6. The second kappa shape index (κ2) is 6.06. The Morgan fingerprint density at radius 3 is 2.56 bits per heavy atom. The topological polar surface area (TPSA) is 71.7 Å². The minimum absolute atomic E-state index is 0.236. The number of sulfonamides is 1. The van der Waals surface area contributed by atoms with Crippen molar-refractivity contribution in [3.63, 3.8) is 0 Å². The highest BCUT2D eigenvalue weighted by atomic mass is 35.5. The number of halogens is 1. The summed E-state index contributed by atoms with van der Waals surface area (Å²) in [5.74, 6) is 1.68. The van der Waals surface area contributed by atoms with Gasteiger partial charge in [0, 0.05) is 16.1 Å². The van der Waals surface area contributed by atoms with Crippen molar-refractivity contribution in [2.45, 2.75) is 11.4 Å². The number of hydrogen-bond acceptors (Lipinski definition) is 4. The number of rotatable bonds is 3. The van der Waals surface area contributed by atoms with Crippen LogP contribution < -0.4 is 4.72 Å². The molecule has 1 N–H and O–H groups in total. The van der Waals surface area contributed by atoms with Gasteiger partial charge in [0.1, 0.15) is 17.4 Å². The van der Waals surface area contributed by atoms with Crippen LogP contribution in [0.3, 0.4) is 0 Å². The monoisotopic (exact) mass is 372 g/mol. The number of hydrogen-bond donors (Lipinski definition) is 1. The van der Waals surface area contributed by atoms with Crippen LogP contribution in [0.4, 0.5) is 0 Å². The van der Waals surface area contributed by atoms with Crippen LogP contribution >= 0.6 is 11.6 Å². The summed E-state index contributed by atoms with van der Waals surface area (Å²) in [5, 5.41) is 0.661. The third kappa shape index (κ3) is 3.06. The van der Waals surface area contributed by atoms with Crippen molar-refractivity contribution in [2.75, 3.05) is 0 Å². The van der Waals surface area contributed by atoms with Crippen molar-refractivity contribution in [3.05, 3.63) is 77.0 Å². The molecule has 1 aromatic heterocycles. The van der Waals surface area contributed by atoms with E-state index in [1.165, 1.54) is 0 Å². The minimum Gasteiger partial charge on any atom is -0.459 e. The van der Waals surface area contributed by atoms with Crippen LogP contribution in [0, 0.1) is 0 Å². The van der Waals surface area contributed by atoms with Gasteiger partial charge in [-0.25, -0.2) is 8.42 Å². The van der Waals surface area contributed by atoms with E-state index in [9.17, 15) is 8.42 Å². The van der Waals surface area contributed by atoms with E-state index in [2.05, 4.69) is 9.71 Å². The average Bonchev–Trinajstić information content (AvgIpc) is 3.17. The molecule has 0 bridgehead atoms. The van der Waals surface area contributed by atoms with E-state index < -0.39 is 10.0 Å². The highest BCUT2D eigenvalue weighted by molar-refractivity contribution is 7.90. The lowest BCUT2D eigenvalue weighted by Crippen LogP contribution is -2.22. The number of furan rings is 1. The van der Waals surface area contributed by atoms with Crippen LogP contribution in [0.5, 0.6) is 0 Å². The smallest absolute Gasteiger partial charge is 0.263 e. The summed E-state index contributed by atoms with van der Waals surface area (Å²) in [7, 11) is -3.52. The molecule has 2 aromatic carbocycles. The lowest BCUT2D eigenvalue weighted by Gasteiger charge is -1.99. The summed E-state index contributed by atoms with van der Waals surface area (Å²) < 4.78 is 32.4. The van der Waals surface area contributed by atoms with E-state index in [4.69, 9.17) is 16.0 Å². The number of amidine groups is 1. The van der Waals surface area contributed by atoms with Crippen LogP contribution in [0.15, 0.2) is 75.0 Å². The van der Waals surface area contributed by atoms with Crippen LogP contribution in [-0.2, 0) is 16.6 Å². The highest BCUT2D eigenvalue weighted by Gasteiger charge is 2.30. The third-order valence-corrected chi connectivity index (χ3v) is 5.50. The van der Waals surface area contributed by atoms with Crippen LogP contribution in [0.25, 0.3) is 11.3 Å². The van der Waals surface area contributed by atoms with Gasteiger partial charge in [-0.2, -0.15) is 0 Å². The molecular formula is C18H13ClN2O3S. The molecule has 3 aromatic rings. The Kier molecular flexibility index (Phi) is 3.86. The molecule has 25 heavy (non-hydrogen) atoms. The van der Waals surface area contributed by atoms with E-state index in [1.807, 2.05) is 24.3 Å². The van der Waals surface area contributed by atoms with E-state index in [1.54, 1.807) is 36.4 Å². The molecule has 0 amide bonds. The fourth-order valence-electron chi connectivity index (χ4n) is 2.64. The molecule has 0 fully saturated rings. The van der Waals surface area contributed by atoms with Crippen molar-refractivity contribution in [1.29, 1.82) is 0 Å². The molecule has 2 heterocycles. The first-order valence-electron chi connectivity index (χ1n) is 7.54. The van der Waals surface area contributed by atoms with Gasteiger partial charge >= 0.3 is 0 Å². The quantitative estimate of drug-likeness (QED) is 0.759. The van der Waals surface area contributed by atoms with Gasteiger partial charge in [-0.1, -0.05) is 23.7 Å². The number of aliphatic imine (C=N–C) groups is 1. The molecule has 1 aliphatic heterocycles. The average molecular weight is 373 g/mol. The van der Waals surface area contributed by atoms with Crippen LogP contribution in [0.1, 0.15) is 11.3 Å². The molecule has 0 aliphatic carbocycles. The maximum absolute atomic E-state index is 12.1. The molecule has 0 unspecified atom stereocenters. The van der Waals surface area contributed by atoms with Crippen molar-refractivity contribution in [3.8, 4) is 11.3 Å². The molecule has 4 rings (SSSR count). The predicted molar refractivity (Wildman–Crippen MR) is 96.2 cm³/mol. The van der Waals surface area contributed by atoms with E-state index in [0.29, 0.717) is 27.9 Å². The molecule has 0 spiro atoms. The molecular weight excluding hydrogens is 360 g/mol. The molecule has 126 valence electrons. The summed E-state index contributed by atoms with van der Waals surface area (Å²) in [6, 6.07) is 17.8. The summed E-state index contributed by atoms with van der Waals surface area (Å²) >= 11 is 5.89. The first-order valence-corrected chi connectivity index (χ1v) is 9.40. The van der Waals surface area contributed by atoms with Gasteiger partial charge in [-0.3, -0.25) is 9.71 Å². The second-order valence-electron chi connectivity index (χ2n) is 5.54. The Bertz CT molecular complexity index is 1070. The summed E-state index contributed by atoms with van der Waals surface area (Å²) in [5.41, 5.74) is 1.49. The van der Waals surface area contributed by atoms with Crippen molar-refractivity contribution >= 4 is 27.5 Å². The van der Waals surface area contributed by atoms with Crippen LogP contribution in [-0.4, -0.2) is 14.3 Å². The Hall–Kier alpha value is -2.57. The van der Waals surface area contributed by atoms with Gasteiger partial charge in [-0.05, 0) is 48.5 Å². The predicted octanol–water partition coefficient (Wildman–Crippen LogP) is 3.84. The molecule has 0 radical (unpaired) electrons. The fraction of sp³-hybridized carbons (Fsp3) is 0.0556. The molecule has 7 heteroatoms. The van der Waals surface area contributed by atoms with Gasteiger partial charge in [0.15, 0.2) is 0 Å². The summed E-state index contributed by atoms with van der Waals surface area (Å²) in [6.07, 6.45) is 0. The zero-order valence-electron chi connectivity index (χ0n) is 12.9. The Labute approximate surface area is 150 Å². The molecule has 0 saturated carbocycles. The standard InChI is InChI=1S/C18H13ClN2O3S/c19-13-7-5-12(6-8-13)16-10-9-14(24-16)11-20-18-15-3-1-2-4-17(15)25(22,23)21-18/h1-10H,11H2,(H,20,21). The third-order valence-electron chi connectivity index (χ3n) is 3.85. The second-order valence-corrected chi connectivity index (χ2v) is 7.63. The number of nitrogens with one attached hydrogen (secondary N) is 1. The zero-order chi connectivity index (χ0) is 17.4. The van der Waals surface area contributed by atoms with Gasteiger partial charge in [0.2, 0.25) is 0 Å². The van der Waals surface area contributed by atoms with Gasteiger partial charge in [-0.15, -0.1) is 0 Å². The maximum Gasteiger partial charge on any atom is 0.263 e. The number of fused-ring (bicyclic) bond motifs is 1. The van der Waals surface area contributed by atoms with Crippen molar-refractivity contribution < 1.29 is 12.8 Å². The van der Waals surface area contributed by atoms with Gasteiger partial charge in [0.05, 0.1) is 11.4 Å². The van der Waals surface area contributed by atoms with Crippen molar-refractivity contribution in [2.24, 2.45) is 4.99 Å². The molecule has 5 nitrogen and oxygen atoms in total. The van der Waals surface area contributed by atoms with E-state index in [-0.39, 0.29) is 11.4 Å². The fourth-order valence-corrected chi connectivity index (χ4v) is 4.02. The largest absolute Gasteiger partial charge is 0.459 e. The van der Waals surface area contributed by atoms with Gasteiger partial charge < -0.3 is 4.42 Å². The number of nitrogens with zero attached hydrogens (tertiary/aromatic N) is 1. The van der Waals surface area contributed by atoms with Gasteiger partial charge in [0.25, 0.3) is 10.0 Å². The Morgan fingerprint density at radius 2 is 1.76 bits per heavy atom. The zero-order valence-corrected chi connectivity index (χ0v) is 14.5. The Balaban J connectivity index is 1.58. The van der Waals surface area contributed by atoms with E-state index in [0.717, 1.165) is 5.56 Å². The summed E-state index contributed by atoms with van der Waals surface area (Å²) in [6.45, 7) is 0.236. The number of benzene rings is 2. The highest BCUT2D eigenvalue weighted by Crippen LogP contribution is 2.25. The minimum atomic E-state index is -3.52.